The lowest BCUT2D eigenvalue weighted by Crippen LogP contribution is -2.14. The zero-order valence-corrected chi connectivity index (χ0v) is 14.8. The fourth-order valence-corrected chi connectivity index (χ4v) is 2.71. The molecule has 0 spiro atoms. The third-order valence-electron chi connectivity index (χ3n) is 4.02. The second-order valence-electron chi connectivity index (χ2n) is 5.80. The highest BCUT2D eigenvalue weighted by molar-refractivity contribution is 6.11. The number of hydrogen-bond donors (Lipinski definition) is 1. The van der Waals surface area contributed by atoms with Gasteiger partial charge in [-0.3, -0.25) is 4.79 Å². The number of nitriles is 1. The fraction of sp³-hybridized carbons (Fsp3) is 0.0435. The van der Waals surface area contributed by atoms with E-state index in [1.54, 1.807) is 12.1 Å². The molecule has 4 nitrogen and oxygen atoms in total. The number of amides is 1. The van der Waals surface area contributed by atoms with Crippen LogP contribution in [0.5, 0.6) is 5.75 Å². The molecule has 0 aliphatic rings. The first-order valence-electron chi connectivity index (χ1n) is 8.39. The van der Waals surface area contributed by atoms with Gasteiger partial charge in [0, 0.05) is 5.56 Å². The van der Waals surface area contributed by atoms with E-state index in [1.807, 2.05) is 36.4 Å². The molecular formula is C23H15FN2O2. The molecular weight excluding hydrogens is 355 g/mol. The first-order valence-corrected chi connectivity index (χ1v) is 8.39. The Labute approximate surface area is 161 Å². The normalized spacial score (nSPS) is 10.8. The molecule has 0 bridgehead atoms. The largest absolute Gasteiger partial charge is 0.480 e. The zero-order chi connectivity index (χ0) is 19.9. The predicted octanol–water partition coefficient (Wildman–Crippen LogP) is 4.54. The van der Waals surface area contributed by atoms with Crippen molar-refractivity contribution < 1.29 is 13.9 Å². The van der Waals surface area contributed by atoms with Gasteiger partial charge in [0.1, 0.15) is 29.8 Å². The van der Waals surface area contributed by atoms with Gasteiger partial charge >= 0.3 is 0 Å². The molecule has 3 rings (SSSR count). The number of halogens is 1. The minimum absolute atomic E-state index is 0.00428. The van der Waals surface area contributed by atoms with Gasteiger partial charge in [0.2, 0.25) is 0 Å². The lowest BCUT2D eigenvalue weighted by atomic mass is 10.0. The molecule has 0 fully saturated rings. The maximum Gasteiger partial charge on any atom is 0.266 e. The SMILES string of the molecule is C#CCOc1ccc2ccccc2c1/C=C(\C#N)C(=O)Nc1ccccc1F. The Kier molecular flexibility index (Phi) is 5.69. The summed E-state index contributed by atoms with van der Waals surface area (Å²) in [5.74, 6) is 1.53. The molecule has 136 valence electrons. The topological polar surface area (TPSA) is 62.1 Å². The van der Waals surface area contributed by atoms with Crippen molar-refractivity contribution >= 4 is 28.4 Å². The number of para-hydroxylation sites is 1. The Morgan fingerprint density at radius 1 is 1.14 bits per heavy atom. The predicted molar refractivity (Wildman–Crippen MR) is 107 cm³/mol. The van der Waals surface area contributed by atoms with E-state index in [1.165, 1.54) is 24.3 Å². The maximum atomic E-state index is 13.8. The van der Waals surface area contributed by atoms with E-state index in [9.17, 15) is 14.4 Å². The molecule has 3 aromatic rings. The Balaban J connectivity index is 2.05. The number of fused-ring (bicyclic) bond motifs is 1. The first-order chi connectivity index (χ1) is 13.6. The van der Waals surface area contributed by atoms with Crippen molar-refractivity contribution in [1.29, 1.82) is 5.26 Å². The van der Waals surface area contributed by atoms with Crippen LogP contribution < -0.4 is 10.1 Å². The van der Waals surface area contributed by atoms with Crippen molar-refractivity contribution in [2.75, 3.05) is 11.9 Å². The lowest BCUT2D eigenvalue weighted by molar-refractivity contribution is -0.112. The van der Waals surface area contributed by atoms with Gasteiger partial charge in [-0.15, -0.1) is 6.42 Å². The summed E-state index contributed by atoms with van der Waals surface area (Å²) in [6.45, 7) is 0.0441. The quantitative estimate of drug-likeness (QED) is 0.408. The van der Waals surface area contributed by atoms with Crippen LogP contribution in [0.15, 0.2) is 66.2 Å². The average molecular weight is 370 g/mol. The molecule has 28 heavy (non-hydrogen) atoms. The molecule has 0 saturated carbocycles. The van der Waals surface area contributed by atoms with Gasteiger partial charge in [-0.2, -0.15) is 5.26 Å². The smallest absolute Gasteiger partial charge is 0.266 e. The van der Waals surface area contributed by atoms with Crippen molar-refractivity contribution in [3.63, 3.8) is 0 Å². The van der Waals surface area contributed by atoms with Crippen LogP contribution in [0.4, 0.5) is 10.1 Å². The summed E-state index contributed by atoms with van der Waals surface area (Å²) in [4.78, 5) is 12.5. The Bertz CT molecular complexity index is 1150. The number of benzene rings is 3. The maximum absolute atomic E-state index is 13.8. The highest BCUT2D eigenvalue weighted by Crippen LogP contribution is 2.30. The third kappa shape index (κ3) is 4.00. The molecule has 0 radical (unpaired) electrons. The summed E-state index contributed by atoms with van der Waals surface area (Å²) in [6, 6.07) is 18.7. The third-order valence-corrected chi connectivity index (χ3v) is 4.02. The number of terminal acetylenes is 1. The summed E-state index contributed by atoms with van der Waals surface area (Å²) >= 11 is 0. The van der Waals surface area contributed by atoms with Gasteiger partial charge < -0.3 is 10.1 Å². The number of carbonyl (C=O) groups is 1. The van der Waals surface area contributed by atoms with E-state index in [0.29, 0.717) is 11.3 Å². The molecule has 5 heteroatoms. The Hall–Kier alpha value is -4.09. The minimum atomic E-state index is -0.719. The number of carbonyl (C=O) groups excluding carboxylic acids is 1. The van der Waals surface area contributed by atoms with Crippen LogP contribution in [0.2, 0.25) is 0 Å². The van der Waals surface area contributed by atoms with Gasteiger partial charge in [0.05, 0.1) is 5.69 Å². The van der Waals surface area contributed by atoms with Gasteiger partial charge in [0.25, 0.3) is 5.91 Å². The monoisotopic (exact) mass is 370 g/mol. The summed E-state index contributed by atoms with van der Waals surface area (Å²) < 4.78 is 19.4. The van der Waals surface area contributed by atoms with Crippen molar-refractivity contribution in [2.45, 2.75) is 0 Å². The molecule has 0 atom stereocenters. The number of hydrogen-bond acceptors (Lipinski definition) is 3. The number of nitrogens with zero attached hydrogens (tertiary/aromatic N) is 1. The molecule has 1 amide bonds. The number of anilines is 1. The second kappa shape index (κ2) is 8.53. The van der Waals surface area contributed by atoms with Crippen LogP contribution in [-0.4, -0.2) is 12.5 Å². The first kappa shape index (κ1) is 18.7. The van der Waals surface area contributed by atoms with E-state index in [4.69, 9.17) is 11.2 Å². The average Bonchev–Trinajstić information content (AvgIpc) is 2.72. The minimum Gasteiger partial charge on any atom is -0.480 e. The number of nitrogens with one attached hydrogen (secondary N) is 1. The van der Waals surface area contributed by atoms with Crippen molar-refractivity contribution in [3.8, 4) is 24.2 Å². The molecule has 0 aliphatic carbocycles. The van der Waals surface area contributed by atoms with Gasteiger partial charge in [0.15, 0.2) is 0 Å². The van der Waals surface area contributed by atoms with Crippen LogP contribution >= 0.6 is 0 Å². The summed E-state index contributed by atoms with van der Waals surface area (Å²) in [7, 11) is 0. The van der Waals surface area contributed by atoms with Crippen LogP contribution in [-0.2, 0) is 4.79 Å². The lowest BCUT2D eigenvalue weighted by Gasteiger charge is -2.11. The van der Waals surface area contributed by atoms with Crippen molar-refractivity contribution in [2.24, 2.45) is 0 Å². The Morgan fingerprint density at radius 2 is 1.89 bits per heavy atom. The van der Waals surface area contributed by atoms with Gasteiger partial charge in [-0.05, 0) is 35.0 Å². The van der Waals surface area contributed by atoms with Crippen LogP contribution in [0.1, 0.15) is 5.56 Å². The molecule has 0 unspecified atom stereocenters. The van der Waals surface area contributed by atoms with Gasteiger partial charge in [-0.1, -0.05) is 48.4 Å². The number of ether oxygens (including phenoxy) is 1. The van der Waals surface area contributed by atoms with E-state index < -0.39 is 11.7 Å². The molecule has 0 saturated heterocycles. The van der Waals surface area contributed by atoms with E-state index in [-0.39, 0.29) is 17.9 Å². The van der Waals surface area contributed by atoms with E-state index in [2.05, 4.69) is 11.2 Å². The van der Waals surface area contributed by atoms with Crippen LogP contribution in [0, 0.1) is 29.5 Å². The zero-order valence-electron chi connectivity index (χ0n) is 14.8. The summed E-state index contributed by atoms with van der Waals surface area (Å²) in [5.41, 5.74) is 0.356. The van der Waals surface area contributed by atoms with E-state index >= 15 is 0 Å². The fourth-order valence-electron chi connectivity index (χ4n) is 2.71. The molecule has 1 N–H and O–H groups in total. The van der Waals surface area contributed by atoms with Crippen molar-refractivity contribution in [1.82, 2.24) is 0 Å². The van der Waals surface area contributed by atoms with Crippen molar-refractivity contribution in [3.05, 3.63) is 77.6 Å². The Morgan fingerprint density at radius 3 is 2.64 bits per heavy atom. The summed E-state index contributed by atoms with van der Waals surface area (Å²) in [6.07, 6.45) is 6.69. The van der Waals surface area contributed by atoms with E-state index in [0.717, 1.165) is 10.8 Å². The molecule has 0 heterocycles. The molecule has 0 aromatic heterocycles. The van der Waals surface area contributed by atoms with Crippen LogP contribution in [0.3, 0.4) is 0 Å². The van der Waals surface area contributed by atoms with Gasteiger partial charge in [-0.25, -0.2) is 4.39 Å². The number of rotatable bonds is 5. The highest BCUT2D eigenvalue weighted by Gasteiger charge is 2.15. The standard InChI is InChI=1S/C23H15FN2O2/c1-2-13-28-22-12-11-16-7-3-4-8-18(16)19(22)14-17(15-25)23(27)26-21-10-6-5-9-20(21)24/h1,3-12,14H,13H2,(H,26,27)/b17-14+. The van der Waals surface area contributed by atoms with Crippen LogP contribution in [0.25, 0.3) is 16.8 Å². The second-order valence-corrected chi connectivity index (χ2v) is 5.80. The summed E-state index contributed by atoms with van der Waals surface area (Å²) in [5, 5.41) is 13.6. The molecule has 3 aromatic carbocycles. The molecule has 0 aliphatic heterocycles. The highest BCUT2D eigenvalue weighted by atomic mass is 19.1.